The zero-order valence-corrected chi connectivity index (χ0v) is 18.9. The number of furan rings is 2. The van der Waals surface area contributed by atoms with Crippen molar-refractivity contribution in [2.45, 2.75) is 23.1 Å². The highest BCUT2D eigenvalue weighted by Crippen LogP contribution is 2.25. The third-order valence-electron chi connectivity index (χ3n) is 4.68. The van der Waals surface area contributed by atoms with Crippen LogP contribution >= 0.6 is 23.2 Å². The van der Waals surface area contributed by atoms with Gasteiger partial charge in [0, 0.05) is 16.6 Å². The highest BCUT2D eigenvalue weighted by atomic mass is 35.5. The Balaban J connectivity index is 1.61. The van der Waals surface area contributed by atoms with Crippen molar-refractivity contribution in [2.24, 2.45) is 0 Å². The number of benzene rings is 2. The van der Waals surface area contributed by atoms with Crippen LogP contribution in [0, 0.1) is 0 Å². The molecule has 0 saturated carbocycles. The van der Waals surface area contributed by atoms with Crippen molar-refractivity contribution in [1.29, 1.82) is 0 Å². The predicted octanol–water partition coefficient (Wildman–Crippen LogP) is 5.85. The molecular weight excluding hydrogens is 473 g/mol. The Morgan fingerprint density at radius 3 is 2.12 bits per heavy atom. The van der Waals surface area contributed by atoms with Gasteiger partial charge in [-0.05, 0) is 66.2 Å². The summed E-state index contributed by atoms with van der Waals surface area (Å²) < 4.78 is 36.6. The van der Waals surface area contributed by atoms with Crippen LogP contribution in [0.4, 0.5) is 0 Å². The SMILES string of the molecule is O=C(c1ccc(S(=O)(=O)c2ccc(Cl)cc2)o1)N(Cc1ccc(Cl)cc1)Cc1ccco1. The molecule has 0 unspecified atom stereocenters. The first-order valence-corrected chi connectivity index (χ1v) is 11.7. The lowest BCUT2D eigenvalue weighted by Gasteiger charge is -2.21. The maximum absolute atomic E-state index is 13.2. The summed E-state index contributed by atoms with van der Waals surface area (Å²) in [5, 5.41) is 0.670. The van der Waals surface area contributed by atoms with Gasteiger partial charge in [-0.2, -0.15) is 0 Å². The molecule has 2 aromatic heterocycles. The lowest BCUT2D eigenvalue weighted by molar-refractivity contribution is 0.0679. The van der Waals surface area contributed by atoms with Gasteiger partial charge in [0.25, 0.3) is 5.91 Å². The Kier molecular flexibility index (Phi) is 6.41. The molecule has 0 fully saturated rings. The molecular formula is C23H17Cl2NO5S. The Morgan fingerprint density at radius 1 is 0.844 bits per heavy atom. The van der Waals surface area contributed by atoms with Crippen LogP contribution in [-0.2, 0) is 22.9 Å². The highest BCUT2D eigenvalue weighted by molar-refractivity contribution is 7.91. The van der Waals surface area contributed by atoms with E-state index in [1.165, 1.54) is 47.6 Å². The Hall–Kier alpha value is -3.00. The molecule has 2 heterocycles. The lowest BCUT2D eigenvalue weighted by Crippen LogP contribution is -2.29. The Morgan fingerprint density at radius 2 is 1.50 bits per heavy atom. The molecule has 1 amide bonds. The first kappa shape index (κ1) is 22.2. The first-order chi connectivity index (χ1) is 15.3. The second-order valence-electron chi connectivity index (χ2n) is 6.94. The fourth-order valence-corrected chi connectivity index (χ4v) is 4.49. The monoisotopic (exact) mass is 489 g/mol. The molecule has 4 rings (SSSR count). The van der Waals surface area contributed by atoms with Gasteiger partial charge in [-0.3, -0.25) is 4.79 Å². The number of nitrogens with zero attached hydrogens (tertiary/aromatic N) is 1. The van der Waals surface area contributed by atoms with E-state index in [2.05, 4.69) is 0 Å². The van der Waals surface area contributed by atoms with Gasteiger partial charge in [0.05, 0.1) is 17.7 Å². The zero-order chi connectivity index (χ0) is 22.7. The third-order valence-corrected chi connectivity index (χ3v) is 6.83. The van der Waals surface area contributed by atoms with Gasteiger partial charge < -0.3 is 13.7 Å². The molecule has 0 N–H and O–H groups in total. The Bertz CT molecular complexity index is 1310. The smallest absolute Gasteiger partial charge is 0.290 e. The summed E-state index contributed by atoms with van der Waals surface area (Å²) in [7, 11) is -3.94. The van der Waals surface area contributed by atoms with Crippen molar-refractivity contribution < 1.29 is 22.0 Å². The zero-order valence-electron chi connectivity index (χ0n) is 16.6. The molecule has 0 atom stereocenters. The maximum Gasteiger partial charge on any atom is 0.290 e. The van der Waals surface area contributed by atoms with Gasteiger partial charge in [0.1, 0.15) is 5.76 Å². The summed E-state index contributed by atoms with van der Waals surface area (Å²) in [6, 6.07) is 18.9. The van der Waals surface area contributed by atoms with Crippen LogP contribution < -0.4 is 0 Å². The van der Waals surface area contributed by atoms with Gasteiger partial charge >= 0.3 is 0 Å². The minimum Gasteiger partial charge on any atom is -0.467 e. The lowest BCUT2D eigenvalue weighted by atomic mass is 10.2. The molecule has 164 valence electrons. The van der Waals surface area contributed by atoms with Gasteiger partial charge in [-0.25, -0.2) is 8.42 Å². The average Bonchev–Trinajstić information content (AvgIpc) is 3.47. The fourth-order valence-electron chi connectivity index (χ4n) is 3.07. The molecule has 0 aliphatic rings. The summed E-state index contributed by atoms with van der Waals surface area (Å²) in [5.74, 6) is -0.000145. The minimum absolute atomic E-state index is 0.0175. The van der Waals surface area contributed by atoms with Crippen LogP contribution in [0.3, 0.4) is 0 Å². The number of halogens is 2. The minimum atomic E-state index is -3.94. The van der Waals surface area contributed by atoms with E-state index in [1.54, 1.807) is 24.3 Å². The van der Waals surface area contributed by atoms with E-state index in [0.717, 1.165) is 5.56 Å². The molecule has 0 bridgehead atoms. The third kappa shape index (κ3) is 4.91. The molecule has 0 spiro atoms. The number of sulfone groups is 1. The summed E-state index contributed by atoms with van der Waals surface area (Å²) >= 11 is 11.8. The largest absolute Gasteiger partial charge is 0.467 e. The van der Waals surface area contributed by atoms with Crippen LogP contribution in [0.25, 0.3) is 0 Å². The highest BCUT2D eigenvalue weighted by Gasteiger charge is 2.26. The number of amides is 1. The van der Waals surface area contributed by atoms with E-state index in [0.29, 0.717) is 15.8 Å². The summed E-state index contributed by atoms with van der Waals surface area (Å²) in [5.41, 5.74) is 0.842. The van der Waals surface area contributed by atoms with Gasteiger partial charge in [0.15, 0.2) is 5.76 Å². The van der Waals surface area contributed by atoms with Crippen molar-refractivity contribution in [3.63, 3.8) is 0 Å². The molecule has 0 aliphatic carbocycles. The van der Waals surface area contributed by atoms with E-state index in [-0.39, 0.29) is 28.8 Å². The topological polar surface area (TPSA) is 80.7 Å². The van der Waals surface area contributed by atoms with Crippen LogP contribution in [0.5, 0.6) is 0 Å². The predicted molar refractivity (Wildman–Crippen MR) is 119 cm³/mol. The number of carbonyl (C=O) groups excluding carboxylic acids is 1. The van der Waals surface area contributed by atoms with Crippen molar-refractivity contribution in [3.05, 3.63) is 106 Å². The molecule has 0 saturated heterocycles. The number of hydrogen-bond donors (Lipinski definition) is 0. The van der Waals surface area contributed by atoms with Crippen molar-refractivity contribution >= 4 is 38.9 Å². The molecule has 0 radical (unpaired) electrons. The fraction of sp³-hybridized carbons (Fsp3) is 0.0870. The van der Waals surface area contributed by atoms with Gasteiger partial charge in [-0.15, -0.1) is 0 Å². The van der Waals surface area contributed by atoms with Crippen molar-refractivity contribution in [2.75, 3.05) is 0 Å². The van der Waals surface area contributed by atoms with Crippen molar-refractivity contribution in [1.82, 2.24) is 4.90 Å². The number of hydrogen-bond acceptors (Lipinski definition) is 5. The van der Waals surface area contributed by atoms with E-state index in [1.807, 2.05) is 12.1 Å². The van der Waals surface area contributed by atoms with Crippen LogP contribution in [0.2, 0.25) is 10.0 Å². The normalized spacial score (nSPS) is 11.4. The van der Waals surface area contributed by atoms with Gasteiger partial charge in [0.2, 0.25) is 14.9 Å². The second-order valence-corrected chi connectivity index (χ2v) is 9.70. The Labute approximate surface area is 194 Å². The summed E-state index contributed by atoms with van der Waals surface area (Å²) in [6.45, 7) is 0.422. The molecule has 9 heteroatoms. The molecule has 32 heavy (non-hydrogen) atoms. The molecule has 2 aromatic carbocycles. The number of rotatable bonds is 7. The standard InChI is InChI=1S/C23H17Cl2NO5S/c24-17-5-3-16(4-6-17)14-26(15-19-2-1-13-30-19)23(27)21-11-12-22(31-21)32(28,29)20-9-7-18(25)8-10-20/h1-13H,14-15H2. The quantitative estimate of drug-likeness (QED) is 0.325. The van der Waals surface area contributed by atoms with E-state index >= 15 is 0 Å². The summed E-state index contributed by atoms with van der Waals surface area (Å²) in [6.07, 6.45) is 1.52. The van der Waals surface area contributed by atoms with E-state index in [9.17, 15) is 13.2 Å². The van der Waals surface area contributed by atoms with E-state index in [4.69, 9.17) is 32.0 Å². The number of carbonyl (C=O) groups is 1. The molecule has 6 nitrogen and oxygen atoms in total. The summed E-state index contributed by atoms with van der Waals surface area (Å²) in [4.78, 5) is 14.7. The van der Waals surface area contributed by atoms with Crippen LogP contribution in [0.15, 0.2) is 97.9 Å². The maximum atomic E-state index is 13.2. The van der Waals surface area contributed by atoms with E-state index < -0.39 is 15.7 Å². The van der Waals surface area contributed by atoms with Crippen LogP contribution in [0.1, 0.15) is 21.9 Å². The first-order valence-electron chi connectivity index (χ1n) is 9.49. The average molecular weight is 490 g/mol. The van der Waals surface area contributed by atoms with Gasteiger partial charge in [-0.1, -0.05) is 35.3 Å². The van der Waals surface area contributed by atoms with Crippen LogP contribution in [-0.4, -0.2) is 19.2 Å². The molecule has 4 aromatic rings. The van der Waals surface area contributed by atoms with Crippen molar-refractivity contribution in [3.8, 4) is 0 Å². The second kappa shape index (κ2) is 9.24. The molecule has 0 aliphatic heterocycles.